The van der Waals surface area contributed by atoms with E-state index >= 15 is 0 Å². The summed E-state index contributed by atoms with van der Waals surface area (Å²) >= 11 is 3.61. The van der Waals surface area contributed by atoms with Gasteiger partial charge in [-0.25, -0.2) is 4.79 Å². The Balaban J connectivity index is 2.15. The fourth-order valence-electron chi connectivity index (χ4n) is 3.13. The zero-order valence-electron chi connectivity index (χ0n) is 12.3. The minimum atomic E-state index is -0.00984. The van der Waals surface area contributed by atoms with Gasteiger partial charge in [-0.2, -0.15) is 0 Å². The maximum absolute atomic E-state index is 12.0. The average molecular weight is 338 g/mol. The molecular weight excluding hydrogens is 318 g/mol. The van der Waals surface area contributed by atoms with Crippen molar-refractivity contribution in [3.8, 4) is 0 Å². The predicted octanol–water partition coefficient (Wildman–Crippen LogP) is 2.69. The molecule has 2 aromatic rings. The van der Waals surface area contributed by atoms with Crippen LogP contribution in [0.4, 0.5) is 0 Å². The Morgan fingerprint density at radius 1 is 1.30 bits per heavy atom. The lowest BCUT2D eigenvalue weighted by molar-refractivity contribution is 0.490. The van der Waals surface area contributed by atoms with Gasteiger partial charge in [0.1, 0.15) is 0 Å². The number of benzene rings is 1. The molecule has 108 valence electrons. The highest BCUT2D eigenvalue weighted by Gasteiger charge is 2.49. The molecular formula is C15H20BrN3O. The van der Waals surface area contributed by atoms with Crippen LogP contribution in [-0.2, 0) is 14.1 Å². The van der Waals surface area contributed by atoms with E-state index in [1.165, 1.54) is 0 Å². The molecule has 20 heavy (non-hydrogen) atoms. The third-order valence-electron chi connectivity index (χ3n) is 4.77. The Bertz CT molecular complexity index is 757. The Kier molecular flexibility index (Phi) is 2.93. The van der Waals surface area contributed by atoms with Gasteiger partial charge in [-0.15, -0.1) is 0 Å². The first-order valence-corrected chi connectivity index (χ1v) is 7.64. The van der Waals surface area contributed by atoms with Crippen molar-refractivity contribution >= 4 is 27.0 Å². The van der Waals surface area contributed by atoms with Gasteiger partial charge in [-0.05, 0) is 35.4 Å². The van der Waals surface area contributed by atoms with Crippen LogP contribution in [0.15, 0.2) is 21.4 Å². The first-order valence-electron chi connectivity index (χ1n) is 6.84. The van der Waals surface area contributed by atoms with Crippen molar-refractivity contribution in [3.63, 3.8) is 0 Å². The highest BCUT2D eigenvalue weighted by molar-refractivity contribution is 9.10. The number of fused-ring (bicyclic) bond motifs is 1. The Morgan fingerprint density at radius 2 is 1.80 bits per heavy atom. The van der Waals surface area contributed by atoms with Crippen LogP contribution < -0.4 is 11.4 Å². The number of rotatable bonds is 2. The number of aryl methyl sites for hydroxylation is 2. The molecule has 0 aliphatic heterocycles. The largest absolute Gasteiger partial charge is 0.328 e. The smallest absolute Gasteiger partial charge is 0.324 e. The first kappa shape index (κ1) is 13.9. The monoisotopic (exact) mass is 337 g/mol. The molecule has 3 rings (SSSR count). The SMILES string of the molecule is Cn1c(=O)n(C)c2cc(C(N)C3CC3(C)C)c(Br)cc21. The van der Waals surface area contributed by atoms with E-state index in [1.807, 2.05) is 6.07 Å². The van der Waals surface area contributed by atoms with E-state index in [0.29, 0.717) is 11.3 Å². The summed E-state index contributed by atoms with van der Waals surface area (Å²) in [6, 6.07) is 4.07. The molecule has 2 unspecified atom stereocenters. The van der Waals surface area contributed by atoms with Crippen LogP contribution in [0.2, 0.25) is 0 Å². The van der Waals surface area contributed by atoms with E-state index in [4.69, 9.17) is 5.73 Å². The molecule has 0 saturated heterocycles. The van der Waals surface area contributed by atoms with E-state index in [9.17, 15) is 4.79 Å². The van der Waals surface area contributed by atoms with Gasteiger partial charge in [-0.3, -0.25) is 9.13 Å². The van der Waals surface area contributed by atoms with E-state index < -0.39 is 0 Å². The van der Waals surface area contributed by atoms with Gasteiger partial charge >= 0.3 is 5.69 Å². The number of hydrogen-bond donors (Lipinski definition) is 1. The number of halogens is 1. The minimum Gasteiger partial charge on any atom is -0.324 e. The Hall–Kier alpha value is -1.07. The van der Waals surface area contributed by atoms with Crippen LogP contribution in [-0.4, -0.2) is 9.13 Å². The molecule has 0 bridgehead atoms. The molecule has 1 aliphatic rings. The fourth-order valence-corrected chi connectivity index (χ4v) is 3.72. The number of nitrogens with zero attached hydrogens (tertiary/aromatic N) is 2. The minimum absolute atomic E-state index is 0.00984. The molecule has 1 saturated carbocycles. The summed E-state index contributed by atoms with van der Waals surface area (Å²) in [6.07, 6.45) is 1.16. The van der Waals surface area contributed by atoms with Crippen LogP contribution in [0.1, 0.15) is 31.9 Å². The van der Waals surface area contributed by atoms with Crippen molar-refractivity contribution in [1.82, 2.24) is 9.13 Å². The fraction of sp³-hybridized carbons (Fsp3) is 0.533. The summed E-state index contributed by atoms with van der Waals surface area (Å²) in [5.74, 6) is 0.511. The Labute approximate surface area is 126 Å². The quantitative estimate of drug-likeness (QED) is 0.915. The summed E-state index contributed by atoms with van der Waals surface area (Å²) in [7, 11) is 3.59. The van der Waals surface area contributed by atoms with E-state index in [0.717, 1.165) is 27.5 Å². The molecule has 4 nitrogen and oxygen atoms in total. The molecule has 5 heteroatoms. The van der Waals surface area contributed by atoms with Crippen LogP contribution in [0, 0.1) is 11.3 Å². The van der Waals surface area contributed by atoms with E-state index in [2.05, 4.69) is 35.8 Å². The van der Waals surface area contributed by atoms with E-state index in [1.54, 1.807) is 23.2 Å². The molecule has 0 amide bonds. The third kappa shape index (κ3) is 1.87. The molecule has 0 radical (unpaired) electrons. The Morgan fingerprint density at radius 3 is 2.30 bits per heavy atom. The second-order valence-corrected chi connectivity index (χ2v) is 7.44. The summed E-state index contributed by atoms with van der Waals surface area (Å²) in [5, 5.41) is 0. The van der Waals surface area contributed by atoms with Crippen molar-refractivity contribution in [2.75, 3.05) is 0 Å². The van der Waals surface area contributed by atoms with E-state index in [-0.39, 0.29) is 11.7 Å². The van der Waals surface area contributed by atoms with Crippen LogP contribution in [0.25, 0.3) is 11.0 Å². The van der Waals surface area contributed by atoms with Gasteiger partial charge in [-0.1, -0.05) is 29.8 Å². The summed E-state index contributed by atoms with van der Waals surface area (Å²) in [6.45, 7) is 4.50. The summed E-state index contributed by atoms with van der Waals surface area (Å²) in [5.41, 5.74) is 9.71. The molecule has 2 N–H and O–H groups in total. The maximum Gasteiger partial charge on any atom is 0.328 e. The van der Waals surface area contributed by atoms with Gasteiger partial charge in [0.2, 0.25) is 0 Å². The first-order chi connectivity index (χ1) is 9.24. The zero-order valence-corrected chi connectivity index (χ0v) is 13.9. The maximum atomic E-state index is 12.0. The molecule has 1 aromatic heterocycles. The van der Waals surface area contributed by atoms with Gasteiger partial charge in [0.25, 0.3) is 0 Å². The normalized spacial score (nSPS) is 22.2. The second kappa shape index (κ2) is 4.21. The molecule has 0 spiro atoms. The van der Waals surface area contributed by atoms with Crippen molar-refractivity contribution in [2.45, 2.75) is 26.3 Å². The summed E-state index contributed by atoms with van der Waals surface area (Å²) in [4.78, 5) is 12.0. The van der Waals surface area contributed by atoms with Crippen molar-refractivity contribution < 1.29 is 0 Å². The van der Waals surface area contributed by atoms with Gasteiger partial charge < -0.3 is 5.73 Å². The standard InChI is InChI=1S/C15H20BrN3O/c1-15(2)7-9(15)13(17)8-5-11-12(6-10(8)16)19(4)14(20)18(11)3/h5-6,9,13H,7,17H2,1-4H3. The third-order valence-corrected chi connectivity index (χ3v) is 5.46. The number of imidazole rings is 1. The van der Waals surface area contributed by atoms with Crippen molar-refractivity contribution in [3.05, 3.63) is 32.7 Å². The van der Waals surface area contributed by atoms with Crippen molar-refractivity contribution in [2.24, 2.45) is 31.2 Å². The van der Waals surface area contributed by atoms with Crippen LogP contribution >= 0.6 is 15.9 Å². The highest BCUT2D eigenvalue weighted by Crippen LogP contribution is 2.57. The lowest BCUT2D eigenvalue weighted by Crippen LogP contribution is -2.19. The predicted molar refractivity (Wildman–Crippen MR) is 84.7 cm³/mol. The lowest BCUT2D eigenvalue weighted by atomic mass is 9.97. The molecule has 1 heterocycles. The lowest BCUT2D eigenvalue weighted by Gasteiger charge is -2.16. The van der Waals surface area contributed by atoms with Crippen molar-refractivity contribution in [1.29, 1.82) is 0 Å². The van der Waals surface area contributed by atoms with Gasteiger partial charge in [0.05, 0.1) is 11.0 Å². The molecule has 1 aliphatic carbocycles. The average Bonchev–Trinajstić information content (AvgIpc) is 2.98. The van der Waals surface area contributed by atoms with Crippen LogP contribution in [0.5, 0.6) is 0 Å². The number of nitrogens with two attached hydrogens (primary N) is 1. The number of aromatic nitrogens is 2. The zero-order chi connectivity index (χ0) is 14.8. The molecule has 1 aromatic carbocycles. The molecule has 1 fully saturated rings. The molecule has 2 atom stereocenters. The van der Waals surface area contributed by atoms with Gasteiger partial charge in [0.15, 0.2) is 0 Å². The summed E-state index contributed by atoms with van der Waals surface area (Å²) < 4.78 is 4.33. The topological polar surface area (TPSA) is 53.0 Å². The number of hydrogen-bond acceptors (Lipinski definition) is 2. The highest BCUT2D eigenvalue weighted by atomic mass is 79.9. The second-order valence-electron chi connectivity index (χ2n) is 6.59. The van der Waals surface area contributed by atoms with Gasteiger partial charge in [0, 0.05) is 24.6 Å². The van der Waals surface area contributed by atoms with Crippen LogP contribution in [0.3, 0.4) is 0 Å².